The first-order valence-corrected chi connectivity index (χ1v) is 35.7. The molecule has 5 N–H and O–H groups in total. The van der Waals surface area contributed by atoms with Gasteiger partial charge >= 0.3 is 17.6 Å². The molecule has 0 saturated heterocycles. The number of aliphatic hydroxyl groups is 3. The number of alkyl halides is 3. The zero-order chi connectivity index (χ0) is 66.7. The molecule has 0 heterocycles. The smallest absolute Gasteiger partial charge is 0.407 e. The van der Waals surface area contributed by atoms with Gasteiger partial charge in [0.1, 0.15) is 19.8 Å². The third kappa shape index (κ3) is 99.7. The van der Waals surface area contributed by atoms with Gasteiger partial charge in [0, 0.05) is 130 Å². The van der Waals surface area contributed by atoms with Crippen LogP contribution in [0.5, 0.6) is 0 Å². The monoisotopic (exact) mass is 1450 g/mol. The van der Waals surface area contributed by atoms with Crippen LogP contribution in [0.25, 0.3) is 0 Å². The molecule has 3 aromatic rings. The van der Waals surface area contributed by atoms with Gasteiger partial charge < -0.3 is 68.6 Å². The molecule has 0 spiro atoms. The van der Waals surface area contributed by atoms with Crippen LogP contribution in [0.15, 0.2) is 91.0 Å². The second-order valence-electron chi connectivity index (χ2n) is 17.5. The molecule has 0 aliphatic carbocycles. The molecule has 0 saturated carbocycles. The van der Waals surface area contributed by atoms with Crippen LogP contribution in [0.4, 0.5) is 14.4 Å². The van der Waals surface area contributed by atoms with E-state index in [4.69, 9.17) is 99.6 Å². The highest BCUT2D eigenvalue weighted by molar-refractivity contribution is 8.37. The molecule has 0 unspecified atom stereocenters. The molecule has 0 aliphatic rings. The van der Waals surface area contributed by atoms with E-state index in [-0.39, 0.29) is 53.1 Å². The van der Waals surface area contributed by atoms with Crippen LogP contribution in [0.2, 0.25) is 0 Å². The number of alkyl carbamates (subject to hydrolysis) is 2. The van der Waals surface area contributed by atoms with Gasteiger partial charge in [-0.1, -0.05) is 163 Å². The minimum atomic E-state index is -0.770. The molecular formula is C62H108Cl4N2O15S6. The van der Waals surface area contributed by atoms with Crippen LogP contribution in [0, 0.1) is 0 Å². The highest BCUT2D eigenvalue weighted by Crippen LogP contribution is 2.06. The zero-order valence-electron chi connectivity index (χ0n) is 53.1. The van der Waals surface area contributed by atoms with Gasteiger partial charge in [0.15, 0.2) is 0 Å². The van der Waals surface area contributed by atoms with Crippen LogP contribution in [-0.2, 0) is 116 Å². The molecule has 2 amide bonds. The first-order chi connectivity index (χ1) is 43.1. The summed E-state index contributed by atoms with van der Waals surface area (Å²) in [4.78, 5) is 32.8. The van der Waals surface area contributed by atoms with E-state index in [2.05, 4.69) is 74.0 Å². The lowest BCUT2D eigenvalue weighted by molar-refractivity contribution is 0.0465. The van der Waals surface area contributed by atoms with Gasteiger partial charge in [-0.25, -0.2) is 14.4 Å². The number of nitrogens with one attached hydrogen (secondary N) is 2. The van der Waals surface area contributed by atoms with Gasteiger partial charge in [0.25, 0.3) is 0 Å². The van der Waals surface area contributed by atoms with Crippen molar-refractivity contribution in [2.75, 3.05) is 130 Å². The van der Waals surface area contributed by atoms with Crippen molar-refractivity contribution in [3.63, 3.8) is 0 Å². The highest BCUT2D eigenvalue weighted by Gasteiger charge is 2.03. The predicted octanol–water partition coefficient (Wildman–Crippen LogP) is 13.8. The number of rotatable bonds is 43. The van der Waals surface area contributed by atoms with E-state index in [0.29, 0.717) is 46.1 Å². The predicted molar refractivity (Wildman–Crippen MR) is 385 cm³/mol. The minimum Gasteiger partial charge on any atom is -0.449 e. The lowest BCUT2D eigenvalue weighted by Crippen LogP contribution is -2.28. The van der Waals surface area contributed by atoms with Crippen molar-refractivity contribution in [2.45, 2.75) is 137 Å². The lowest BCUT2D eigenvalue weighted by Gasteiger charge is -2.08. The molecule has 0 atom stereocenters. The number of halogens is 4. The van der Waals surface area contributed by atoms with E-state index in [1.807, 2.05) is 97.9 Å². The standard InChI is InChI=1S/C18H28ClNO4.C12H17NO4.C11H23ClO2.C8H7ClO2.C7H15Cl.C5H12O2.CH4O.S3.S2.H2S/c19-10-6-1-2-7-12-22-14-15-23-13-11-20-18(21)24-16-17-8-4-3-5-9-17;14-7-9-16-8-6-13-12(15)17-10-11-4-2-1-3-5-11;1-2-8-13-10-11-14-9-6-4-3-5-7-12;9-8(10)11-6-7-4-2-1-3-5-7;1-2-3-4-5-6-7-8;1-2-4-7-5-3-6;1-2;1-3-2;1-2;/h3-5,8-9H,1-2,6-7,10-16H2,(H,20,21);1-5,14H,6-10H2,(H,13,15);2-11H2,1H3;1-5H,6H2;2-7H2,1H3;6H,2-5H2,1H3;2H,1H3;;;1H2. The Kier molecular flexibility index (Phi) is 109. The van der Waals surface area contributed by atoms with Crippen LogP contribution < -0.4 is 10.6 Å². The number of hydrogen-bond donors (Lipinski definition) is 5. The summed E-state index contributed by atoms with van der Waals surface area (Å²) in [5.74, 6) is 2.36. The number of amides is 2. The molecule has 89 heavy (non-hydrogen) atoms. The molecule has 0 bridgehead atoms. The third-order valence-corrected chi connectivity index (χ3v) is 11.1. The van der Waals surface area contributed by atoms with E-state index in [1.165, 1.54) is 44.9 Å². The molecule has 520 valence electrons. The van der Waals surface area contributed by atoms with E-state index in [0.717, 1.165) is 141 Å². The maximum atomic E-state index is 11.5. The summed E-state index contributed by atoms with van der Waals surface area (Å²) in [6, 6.07) is 28.4. The fraction of sp³-hybridized carbons (Fsp3) is 0.661. The van der Waals surface area contributed by atoms with Gasteiger partial charge in [0.05, 0.1) is 66.1 Å². The fourth-order valence-corrected chi connectivity index (χ4v) is 6.60. The number of aliphatic hydroxyl groups excluding tert-OH is 3. The van der Waals surface area contributed by atoms with Gasteiger partial charge in [-0.3, -0.25) is 0 Å². The average molecular weight is 1460 g/mol. The molecule has 17 nitrogen and oxygen atoms in total. The van der Waals surface area contributed by atoms with Crippen molar-refractivity contribution in [1.29, 1.82) is 0 Å². The van der Waals surface area contributed by atoms with Crippen molar-refractivity contribution in [1.82, 2.24) is 10.6 Å². The van der Waals surface area contributed by atoms with Gasteiger partial charge in [-0.15, -0.1) is 34.8 Å². The topological polar surface area (TPSA) is 219 Å². The fourth-order valence-electron chi connectivity index (χ4n) is 5.98. The Labute approximate surface area is 584 Å². The Morgan fingerprint density at radius 1 is 0.416 bits per heavy atom. The zero-order valence-corrected chi connectivity index (χ0v) is 61.2. The van der Waals surface area contributed by atoms with Crippen molar-refractivity contribution in [2.24, 2.45) is 0 Å². The van der Waals surface area contributed by atoms with Crippen LogP contribution in [-0.4, -0.2) is 163 Å². The van der Waals surface area contributed by atoms with Crippen molar-refractivity contribution in [3.05, 3.63) is 108 Å². The SMILES string of the molecule is CCCCCCCCl.CCCOCCO.CCCOCCOCCCCCCCl.CO.O=C(Cl)OCc1ccccc1.O=C(NCCOCCO)OCc1ccccc1.O=C(NCCOCCOCCCCCCCl)OCc1ccccc1.S.S=S.S=S=S. The molecular weight excluding hydrogens is 1350 g/mol. The molecule has 0 aromatic heterocycles. The summed E-state index contributed by atoms with van der Waals surface area (Å²) >= 11 is 37.2. The Hall–Kier alpha value is -2.08. The Bertz CT molecular complexity index is 1810. The minimum absolute atomic E-state index is 0. The number of benzene rings is 3. The summed E-state index contributed by atoms with van der Waals surface area (Å²) < 4.78 is 46.0. The normalized spacial score (nSPS) is 9.43. The molecule has 3 aromatic carbocycles. The summed E-state index contributed by atoms with van der Waals surface area (Å²) in [6.45, 7) is 15.4. The maximum Gasteiger partial charge on any atom is 0.407 e. The van der Waals surface area contributed by atoms with Crippen molar-refractivity contribution < 1.29 is 72.3 Å². The van der Waals surface area contributed by atoms with E-state index in [9.17, 15) is 14.4 Å². The Morgan fingerprint density at radius 2 is 0.697 bits per heavy atom. The van der Waals surface area contributed by atoms with Crippen molar-refractivity contribution in [3.8, 4) is 0 Å². The summed E-state index contributed by atoms with van der Waals surface area (Å²) in [5, 5.41) is 28.8. The van der Waals surface area contributed by atoms with Crippen LogP contribution in [0.3, 0.4) is 0 Å². The second kappa shape index (κ2) is 97.0. The van der Waals surface area contributed by atoms with Gasteiger partial charge in [-0.2, -0.15) is 13.5 Å². The largest absolute Gasteiger partial charge is 0.449 e. The Balaban J connectivity index is -0.000000185. The maximum absolute atomic E-state index is 11.5. The number of unbranched alkanes of at least 4 members (excludes halogenated alkanes) is 10. The van der Waals surface area contributed by atoms with Gasteiger partial charge in [0.2, 0.25) is 0 Å². The second-order valence-corrected chi connectivity index (χ2v) is 20.7. The molecule has 27 heteroatoms. The number of ether oxygens (including phenoxy) is 9. The number of carbonyl (C=O) groups excluding carboxylic acids is 3. The Morgan fingerprint density at radius 3 is 1.00 bits per heavy atom. The van der Waals surface area contributed by atoms with Gasteiger partial charge in [-0.05, 0) is 61.6 Å². The molecule has 3 rings (SSSR count). The highest BCUT2D eigenvalue weighted by atomic mass is 35.5. The van der Waals surface area contributed by atoms with Crippen LogP contribution >= 0.6 is 59.9 Å². The number of carbonyl (C=O) groups is 3. The molecule has 0 fully saturated rings. The summed E-state index contributed by atoms with van der Waals surface area (Å²) in [5.41, 5.74) is 2.07. The number of hydrogen-bond acceptors (Lipinski definition) is 19. The summed E-state index contributed by atoms with van der Waals surface area (Å²) in [7, 11) is 1.92. The average Bonchev–Trinajstić information content (AvgIpc) is 3.58. The first kappa shape index (κ1) is 100. The molecule has 0 radical (unpaired) electrons. The quantitative estimate of drug-likeness (QED) is 0.0154. The third-order valence-electron chi connectivity index (χ3n) is 10.1. The lowest BCUT2D eigenvalue weighted by atomic mass is 10.2. The molecule has 0 aliphatic heterocycles. The van der Waals surface area contributed by atoms with Crippen LogP contribution in [0.1, 0.15) is 134 Å². The van der Waals surface area contributed by atoms with E-state index >= 15 is 0 Å². The first-order valence-electron chi connectivity index (χ1n) is 29.7. The van der Waals surface area contributed by atoms with Crippen molar-refractivity contribution >= 4 is 131 Å². The van der Waals surface area contributed by atoms with E-state index in [1.54, 1.807) is 0 Å². The van der Waals surface area contributed by atoms with E-state index < -0.39 is 17.6 Å². The summed E-state index contributed by atoms with van der Waals surface area (Å²) in [6.07, 6.45) is 16.9.